The molecule has 0 saturated carbocycles. The van der Waals surface area contributed by atoms with Crippen LogP contribution in [0.25, 0.3) is 11.0 Å². The van der Waals surface area contributed by atoms with Crippen molar-refractivity contribution in [3.8, 4) is 0 Å². The highest BCUT2D eigenvalue weighted by Crippen LogP contribution is 2.33. The number of nitrogens with zero attached hydrogens (tertiary/aromatic N) is 2. The van der Waals surface area contributed by atoms with E-state index in [1.165, 1.54) is 6.07 Å². The number of thiocarbonyl (C=S) groups is 1. The number of nitrogens with one attached hydrogen (secondary N) is 1. The van der Waals surface area contributed by atoms with Crippen molar-refractivity contribution < 1.29 is 4.39 Å². The topological polar surface area (TPSA) is 63.8 Å². The van der Waals surface area contributed by atoms with E-state index in [1.807, 2.05) is 0 Å². The summed E-state index contributed by atoms with van der Waals surface area (Å²) in [6.45, 7) is 0. The standard InChI is InChI=1S/C13H8ClFN4S2/c14-6-4-5-9-12(19-21-18-9)11(6)17-8-3-1-2-7(15)10(8)13(16)20/h1-5,17H,(H2,16,20). The predicted octanol–water partition coefficient (Wildman–Crippen LogP) is 3.86. The third kappa shape index (κ3) is 2.55. The Bertz CT molecular complexity index is 849. The molecule has 0 bridgehead atoms. The van der Waals surface area contributed by atoms with Gasteiger partial charge >= 0.3 is 0 Å². The predicted molar refractivity (Wildman–Crippen MR) is 88.0 cm³/mol. The monoisotopic (exact) mass is 338 g/mol. The number of anilines is 2. The summed E-state index contributed by atoms with van der Waals surface area (Å²) in [5.74, 6) is -0.493. The largest absolute Gasteiger partial charge is 0.389 e. The van der Waals surface area contributed by atoms with E-state index in [0.717, 1.165) is 11.7 Å². The molecule has 1 aromatic heterocycles. The smallest absolute Gasteiger partial charge is 0.135 e. The SMILES string of the molecule is NC(=S)c1c(F)cccc1Nc1c(Cl)ccc2nsnc12. The van der Waals surface area contributed by atoms with Crippen LogP contribution in [0.1, 0.15) is 5.56 Å². The normalized spacial score (nSPS) is 10.8. The number of rotatable bonds is 3. The third-order valence-electron chi connectivity index (χ3n) is 2.90. The van der Waals surface area contributed by atoms with Gasteiger partial charge in [-0.05, 0) is 24.3 Å². The molecule has 0 fully saturated rings. The molecule has 0 unspecified atom stereocenters. The van der Waals surface area contributed by atoms with E-state index in [-0.39, 0.29) is 10.6 Å². The molecule has 3 rings (SSSR count). The average Bonchev–Trinajstić information content (AvgIpc) is 2.90. The second-order valence-electron chi connectivity index (χ2n) is 4.21. The van der Waals surface area contributed by atoms with Gasteiger partial charge in [-0.25, -0.2) is 4.39 Å². The van der Waals surface area contributed by atoms with E-state index in [1.54, 1.807) is 24.3 Å². The van der Waals surface area contributed by atoms with Crippen molar-refractivity contribution in [2.24, 2.45) is 5.73 Å². The molecule has 3 N–H and O–H groups in total. The number of hydrogen-bond acceptors (Lipinski definition) is 5. The summed E-state index contributed by atoms with van der Waals surface area (Å²) in [7, 11) is 0. The highest BCUT2D eigenvalue weighted by molar-refractivity contribution is 7.80. The summed E-state index contributed by atoms with van der Waals surface area (Å²) in [6, 6.07) is 8.01. The molecule has 21 heavy (non-hydrogen) atoms. The molecule has 0 atom stereocenters. The van der Waals surface area contributed by atoms with Crippen molar-refractivity contribution >= 4 is 62.9 Å². The van der Waals surface area contributed by atoms with Crippen molar-refractivity contribution in [2.75, 3.05) is 5.32 Å². The maximum absolute atomic E-state index is 13.9. The van der Waals surface area contributed by atoms with Gasteiger partial charge in [0, 0.05) is 0 Å². The molecule has 0 spiro atoms. The summed E-state index contributed by atoms with van der Waals surface area (Å²) in [5.41, 5.74) is 8.04. The van der Waals surface area contributed by atoms with Gasteiger partial charge in [0.1, 0.15) is 21.8 Å². The number of aromatic nitrogens is 2. The Morgan fingerprint density at radius 1 is 1.29 bits per heavy atom. The lowest BCUT2D eigenvalue weighted by molar-refractivity contribution is 0.626. The second-order valence-corrected chi connectivity index (χ2v) is 5.58. The van der Waals surface area contributed by atoms with Crippen molar-refractivity contribution in [1.29, 1.82) is 0 Å². The van der Waals surface area contributed by atoms with E-state index in [2.05, 4.69) is 14.1 Å². The minimum Gasteiger partial charge on any atom is -0.389 e. The lowest BCUT2D eigenvalue weighted by atomic mass is 10.1. The molecular weight excluding hydrogens is 331 g/mol. The van der Waals surface area contributed by atoms with Crippen molar-refractivity contribution in [3.05, 3.63) is 46.7 Å². The summed E-state index contributed by atoms with van der Waals surface area (Å²) in [5, 5.41) is 3.51. The Labute approximate surface area is 134 Å². The zero-order valence-electron chi connectivity index (χ0n) is 10.4. The highest BCUT2D eigenvalue weighted by Gasteiger charge is 2.15. The Morgan fingerprint density at radius 2 is 2.10 bits per heavy atom. The van der Waals surface area contributed by atoms with Gasteiger partial charge in [0.05, 0.1) is 33.7 Å². The summed E-state index contributed by atoms with van der Waals surface area (Å²) < 4.78 is 22.2. The molecule has 4 nitrogen and oxygen atoms in total. The molecule has 8 heteroatoms. The Balaban J connectivity index is 2.15. The molecule has 0 aliphatic rings. The van der Waals surface area contributed by atoms with Crippen LogP contribution >= 0.6 is 35.5 Å². The number of fused-ring (bicyclic) bond motifs is 1. The minimum absolute atomic E-state index is 0.0321. The average molecular weight is 339 g/mol. The van der Waals surface area contributed by atoms with Crippen molar-refractivity contribution in [3.63, 3.8) is 0 Å². The van der Waals surface area contributed by atoms with Crippen LogP contribution in [0.5, 0.6) is 0 Å². The molecule has 0 radical (unpaired) electrons. The molecule has 2 aromatic carbocycles. The fourth-order valence-corrected chi connectivity index (χ4v) is 2.91. The van der Waals surface area contributed by atoms with Crippen molar-refractivity contribution in [2.45, 2.75) is 0 Å². The minimum atomic E-state index is -0.493. The lowest BCUT2D eigenvalue weighted by Gasteiger charge is -2.13. The van der Waals surface area contributed by atoms with Crippen LogP contribution in [-0.2, 0) is 0 Å². The van der Waals surface area contributed by atoms with E-state index in [9.17, 15) is 4.39 Å². The fourth-order valence-electron chi connectivity index (χ4n) is 1.96. The van der Waals surface area contributed by atoms with Gasteiger partial charge < -0.3 is 11.1 Å². The molecule has 3 aromatic rings. The first-order valence-electron chi connectivity index (χ1n) is 5.84. The molecular formula is C13H8ClFN4S2. The summed E-state index contributed by atoms with van der Waals surface area (Å²) >= 11 is 12.2. The van der Waals surface area contributed by atoms with E-state index in [4.69, 9.17) is 29.6 Å². The number of halogens is 2. The zero-order chi connectivity index (χ0) is 15.0. The van der Waals surface area contributed by atoms with Gasteiger partial charge in [-0.1, -0.05) is 29.9 Å². The van der Waals surface area contributed by atoms with Gasteiger partial charge in [0.2, 0.25) is 0 Å². The molecule has 0 aliphatic heterocycles. The summed E-state index contributed by atoms with van der Waals surface area (Å²) in [6.07, 6.45) is 0. The maximum atomic E-state index is 13.9. The zero-order valence-corrected chi connectivity index (χ0v) is 12.8. The number of nitrogens with two attached hydrogens (primary N) is 1. The molecule has 0 saturated heterocycles. The third-order valence-corrected chi connectivity index (χ3v) is 3.96. The van der Waals surface area contributed by atoms with Crippen LogP contribution in [0, 0.1) is 5.82 Å². The van der Waals surface area contributed by atoms with E-state index in [0.29, 0.717) is 27.4 Å². The molecule has 0 amide bonds. The first kappa shape index (κ1) is 14.1. The van der Waals surface area contributed by atoms with Gasteiger partial charge in [-0.3, -0.25) is 0 Å². The van der Waals surface area contributed by atoms with Gasteiger partial charge in [-0.2, -0.15) is 8.75 Å². The quantitative estimate of drug-likeness (QED) is 0.710. The van der Waals surface area contributed by atoms with E-state index >= 15 is 0 Å². The Hall–Kier alpha value is -1.83. The van der Waals surface area contributed by atoms with Crippen LogP contribution in [0.2, 0.25) is 5.02 Å². The van der Waals surface area contributed by atoms with Gasteiger partial charge in [0.15, 0.2) is 0 Å². The molecule has 0 aliphatic carbocycles. The first-order valence-corrected chi connectivity index (χ1v) is 7.35. The van der Waals surface area contributed by atoms with Crippen LogP contribution in [0.4, 0.5) is 15.8 Å². The first-order chi connectivity index (χ1) is 10.1. The highest BCUT2D eigenvalue weighted by atomic mass is 35.5. The van der Waals surface area contributed by atoms with Crippen LogP contribution < -0.4 is 11.1 Å². The Morgan fingerprint density at radius 3 is 2.86 bits per heavy atom. The van der Waals surface area contributed by atoms with Crippen LogP contribution in [0.3, 0.4) is 0 Å². The van der Waals surface area contributed by atoms with Crippen molar-refractivity contribution in [1.82, 2.24) is 8.75 Å². The second kappa shape index (κ2) is 5.51. The molecule has 106 valence electrons. The van der Waals surface area contributed by atoms with Crippen LogP contribution in [0.15, 0.2) is 30.3 Å². The van der Waals surface area contributed by atoms with E-state index < -0.39 is 5.82 Å². The fraction of sp³-hybridized carbons (Fsp3) is 0. The lowest BCUT2D eigenvalue weighted by Crippen LogP contribution is -2.14. The number of hydrogen-bond donors (Lipinski definition) is 2. The van der Waals surface area contributed by atoms with Gasteiger partial charge in [-0.15, -0.1) is 0 Å². The summed E-state index contributed by atoms with van der Waals surface area (Å²) in [4.78, 5) is -0.0321. The molecule has 1 heterocycles. The van der Waals surface area contributed by atoms with Crippen LogP contribution in [-0.4, -0.2) is 13.7 Å². The Kier molecular flexibility index (Phi) is 3.71. The van der Waals surface area contributed by atoms with Gasteiger partial charge in [0.25, 0.3) is 0 Å². The number of benzene rings is 2. The maximum Gasteiger partial charge on any atom is 0.135 e.